The molecule has 0 aliphatic heterocycles. The Morgan fingerprint density at radius 2 is 2.41 bits per heavy atom. The lowest BCUT2D eigenvalue weighted by Crippen LogP contribution is -2.32. The Morgan fingerprint density at radius 3 is 3.06 bits per heavy atom. The van der Waals surface area contributed by atoms with Gasteiger partial charge in [0, 0.05) is 12.7 Å². The van der Waals surface area contributed by atoms with Crippen molar-refractivity contribution in [2.24, 2.45) is 0 Å². The molecule has 1 atom stereocenters. The number of thiocarbonyl (C=S) groups is 1. The van der Waals surface area contributed by atoms with Crippen LogP contribution in [0, 0.1) is 0 Å². The lowest BCUT2D eigenvalue weighted by atomic mass is 10.3. The highest BCUT2D eigenvalue weighted by molar-refractivity contribution is 7.78. The van der Waals surface area contributed by atoms with Gasteiger partial charge in [0.15, 0.2) is 12.2 Å². The van der Waals surface area contributed by atoms with E-state index in [1.165, 1.54) is 11.9 Å². The summed E-state index contributed by atoms with van der Waals surface area (Å²) in [6.07, 6.45) is 4.59. The summed E-state index contributed by atoms with van der Waals surface area (Å²) in [5.74, 6) is 0.682. The lowest BCUT2D eigenvalue weighted by Gasteiger charge is -2.15. The van der Waals surface area contributed by atoms with E-state index in [1.807, 2.05) is 18.2 Å². The summed E-state index contributed by atoms with van der Waals surface area (Å²) >= 11 is 4.78. The normalized spacial score (nSPS) is 12.0. The summed E-state index contributed by atoms with van der Waals surface area (Å²) in [7, 11) is 0. The van der Waals surface area contributed by atoms with Crippen LogP contribution in [0.4, 0.5) is 0 Å². The Hall–Kier alpha value is -1.79. The van der Waals surface area contributed by atoms with Crippen LogP contribution in [0.3, 0.4) is 0 Å². The zero-order valence-electron chi connectivity index (χ0n) is 9.04. The Balaban J connectivity index is 1.97. The van der Waals surface area contributed by atoms with Crippen molar-refractivity contribution in [1.82, 2.24) is 20.6 Å². The second kappa shape index (κ2) is 6.07. The number of nitrogens with zero attached hydrogens (tertiary/aromatic N) is 2. The molecule has 5 nitrogen and oxygen atoms in total. The average molecular weight is 248 g/mol. The predicted molar refractivity (Wildman–Crippen MR) is 67.1 cm³/mol. The van der Waals surface area contributed by atoms with Crippen LogP contribution in [0.25, 0.3) is 0 Å². The van der Waals surface area contributed by atoms with Crippen molar-refractivity contribution < 1.29 is 4.42 Å². The van der Waals surface area contributed by atoms with E-state index >= 15 is 0 Å². The highest BCUT2D eigenvalue weighted by atomic mass is 32.1. The quantitative estimate of drug-likeness (QED) is 0.595. The third kappa shape index (κ3) is 3.33. The Labute approximate surface area is 104 Å². The van der Waals surface area contributed by atoms with Crippen LogP contribution in [0.2, 0.25) is 0 Å². The summed E-state index contributed by atoms with van der Waals surface area (Å²) in [6.45, 7) is 0.613. The van der Waals surface area contributed by atoms with E-state index in [1.54, 1.807) is 12.4 Å². The first-order chi connectivity index (χ1) is 8.40. The van der Waals surface area contributed by atoms with Crippen LogP contribution in [-0.2, 0) is 6.54 Å². The van der Waals surface area contributed by atoms with Crippen molar-refractivity contribution in [3.05, 3.63) is 48.4 Å². The van der Waals surface area contributed by atoms with Crippen molar-refractivity contribution in [3.8, 4) is 0 Å². The lowest BCUT2D eigenvalue weighted by molar-refractivity contribution is 0.394. The number of oxazole rings is 1. The molecule has 2 aromatic rings. The molecule has 2 N–H and O–H groups in total. The van der Waals surface area contributed by atoms with Crippen LogP contribution in [-0.4, -0.2) is 15.5 Å². The van der Waals surface area contributed by atoms with Gasteiger partial charge in [-0.15, -0.1) is 0 Å². The van der Waals surface area contributed by atoms with Crippen molar-refractivity contribution in [2.75, 3.05) is 0 Å². The SMILES string of the molecule is S=CNC(NCc1ccccn1)c1cnco1. The van der Waals surface area contributed by atoms with Crippen molar-refractivity contribution in [1.29, 1.82) is 0 Å². The van der Waals surface area contributed by atoms with Crippen molar-refractivity contribution in [3.63, 3.8) is 0 Å². The molecule has 2 aromatic heterocycles. The molecule has 0 saturated carbocycles. The summed E-state index contributed by atoms with van der Waals surface area (Å²) < 4.78 is 5.21. The van der Waals surface area contributed by atoms with Gasteiger partial charge in [0.25, 0.3) is 0 Å². The molecule has 1 unspecified atom stereocenters. The van der Waals surface area contributed by atoms with Gasteiger partial charge in [-0.2, -0.15) is 0 Å². The first-order valence-corrected chi connectivity index (χ1v) is 5.58. The average Bonchev–Trinajstić information content (AvgIpc) is 2.89. The Bertz CT molecular complexity index is 446. The van der Waals surface area contributed by atoms with Gasteiger partial charge >= 0.3 is 0 Å². The molecule has 0 fully saturated rings. The van der Waals surface area contributed by atoms with Gasteiger partial charge in [-0.05, 0) is 12.1 Å². The second-order valence-electron chi connectivity index (χ2n) is 3.32. The summed E-state index contributed by atoms with van der Waals surface area (Å²) in [4.78, 5) is 8.09. The van der Waals surface area contributed by atoms with E-state index in [9.17, 15) is 0 Å². The molecule has 0 bridgehead atoms. The maximum Gasteiger partial charge on any atom is 0.181 e. The van der Waals surface area contributed by atoms with E-state index in [-0.39, 0.29) is 6.17 Å². The molecule has 0 saturated heterocycles. The molecule has 0 radical (unpaired) electrons. The monoisotopic (exact) mass is 248 g/mol. The van der Waals surface area contributed by atoms with Gasteiger partial charge in [-0.1, -0.05) is 18.3 Å². The van der Waals surface area contributed by atoms with Crippen LogP contribution in [0.5, 0.6) is 0 Å². The molecule has 2 heterocycles. The van der Waals surface area contributed by atoms with Crippen LogP contribution < -0.4 is 10.6 Å². The molecule has 17 heavy (non-hydrogen) atoms. The molecular formula is C11H12N4OS. The van der Waals surface area contributed by atoms with Gasteiger partial charge in [0.1, 0.15) is 6.17 Å². The van der Waals surface area contributed by atoms with E-state index in [4.69, 9.17) is 16.6 Å². The molecule has 0 aliphatic rings. The van der Waals surface area contributed by atoms with Crippen molar-refractivity contribution >= 4 is 17.7 Å². The predicted octanol–water partition coefficient (Wildman–Crippen LogP) is 1.40. The highest BCUT2D eigenvalue weighted by Gasteiger charge is 2.12. The minimum atomic E-state index is -0.197. The molecule has 2 rings (SSSR count). The summed E-state index contributed by atoms with van der Waals surface area (Å²) in [6, 6.07) is 5.77. The van der Waals surface area contributed by atoms with E-state index in [0.717, 1.165) is 5.69 Å². The molecule has 0 aromatic carbocycles. The minimum absolute atomic E-state index is 0.197. The van der Waals surface area contributed by atoms with Gasteiger partial charge < -0.3 is 9.73 Å². The number of hydrogen-bond donors (Lipinski definition) is 2. The zero-order valence-corrected chi connectivity index (χ0v) is 9.85. The van der Waals surface area contributed by atoms with Crippen LogP contribution in [0.15, 0.2) is 41.4 Å². The maximum absolute atomic E-state index is 5.21. The molecule has 6 heteroatoms. The van der Waals surface area contributed by atoms with Gasteiger partial charge in [-0.25, -0.2) is 4.98 Å². The molecule has 0 aliphatic carbocycles. The number of pyridine rings is 1. The fraction of sp³-hybridized carbons (Fsp3) is 0.182. The highest BCUT2D eigenvalue weighted by Crippen LogP contribution is 2.08. The minimum Gasteiger partial charge on any atom is -0.445 e. The molecule has 0 spiro atoms. The Kier molecular flexibility index (Phi) is 4.17. The molecule has 0 amide bonds. The summed E-state index contributed by atoms with van der Waals surface area (Å²) in [5, 5.41) is 6.21. The smallest absolute Gasteiger partial charge is 0.181 e. The fourth-order valence-corrected chi connectivity index (χ4v) is 1.52. The zero-order chi connectivity index (χ0) is 11.9. The number of aromatic nitrogens is 2. The van der Waals surface area contributed by atoms with Crippen molar-refractivity contribution in [2.45, 2.75) is 12.7 Å². The number of rotatable bonds is 6. The number of hydrogen-bond acceptors (Lipinski definition) is 5. The van der Waals surface area contributed by atoms with Crippen LogP contribution >= 0.6 is 12.2 Å². The van der Waals surface area contributed by atoms with Crippen LogP contribution in [0.1, 0.15) is 17.6 Å². The van der Waals surface area contributed by atoms with Gasteiger partial charge in [0.05, 0.1) is 17.4 Å². The van der Waals surface area contributed by atoms with Gasteiger partial charge in [0.2, 0.25) is 0 Å². The first kappa shape index (κ1) is 11.7. The molecule has 88 valence electrons. The standard InChI is InChI=1S/C11H12N4OS/c17-8-15-11(10-6-12-7-16-10)14-5-9-3-1-2-4-13-9/h1-4,6-8,11,14H,5H2,(H,15,17). The Morgan fingerprint density at radius 1 is 1.47 bits per heavy atom. The second-order valence-corrected chi connectivity index (χ2v) is 3.56. The molecular weight excluding hydrogens is 236 g/mol. The first-order valence-electron chi connectivity index (χ1n) is 5.11. The third-order valence-electron chi connectivity index (χ3n) is 2.18. The third-order valence-corrected chi connectivity index (χ3v) is 2.32. The maximum atomic E-state index is 5.21. The van der Waals surface area contributed by atoms with E-state index in [2.05, 4.69) is 20.6 Å². The van der Waals surface area contributed by atoms with E-state index < -0.39 is 0 Å². The summed E-state index contributed by atoms with van der Waals surface area (Å²) in [5.41, 5.74) is 2.39. The fourth-order valence-electron chi connectivity index (χ4n) is 1.39. The topological polar surface area (TPSA) is 63.0 Å². The van der Waals surface area contributed by atoms with Gasteiger partial charge in [-0.3, -0.25) is 10.3 Å². The van der Waals surface area contributed by atoms with E-state index in [0.29, 0.717) is 12.3 Å². The largest absolute Gasteiger partial charge is 0.445 e. The number of nitrogens with one attached hydrogen (secondary N) is 2.